The Hall–Kier alpha value is -1.46. The number of pyridine rings is 1. The summed E-state index contributed by atoms with van der Waals surface area (Å²) in [6.45, 7) is 6.68. The summed E-state index contributed by atoms with van der Waals surface area (Å²) in [7, 11) is 0. The third kappa shape index (κ3) is 3.80. The van der Waals surface area contributed by atoms with Gasteiger partial charge in [-0.1, -0.05) is 6.42 Å². The molecule has 0 bridgehead atoms. The number of hydrogen-bond donors (Lipinski definition) is 1. The molecule has 0 amide bonds. The summed E-state index contributed by atoms with van der Waals surface area (Å²) in [6, 6.07) is 2.03. The van der Waals surface area contributed by atoms with Gasteiger partial charge in [0.15, 0.2) is 5.13 Å². The van der Waals surface area contributed by atoms with Gasteiger partial charge in [-0.05, 0) is 44.5 Å². The molecule has 1 fully saturated rings. The van der Waals surface area contributed by atoms with Gasteiger partial charge < -0.3 is 10.2 Å². The number of nitrogens with zero attached hydrogens (tertiary/aromatic N) is 3. The van der Waals surface area contributed by atoms with Crippen LogP contribution in [0.2, 0.25) is 0 Å². The number of piperidine rings is 1. The highest BCUT2D eigenvalue weighted by Crippen LogP contribution is 2.26. The summed E-state index contributed by atoms with van der Waals surface area (Å²) in [5.41, 5.74) is 3.36. The fraction of sp³-hybridized carbons (Fsp3) is 0.500. The zero-order valence-electron chi connectivity index (χ0n) is 12.5. The lowest BCUT2D eigenvalue weighted by molar-refractivity contribution is 0.237. The van der Waals surface area contributed by atoms with Gasteiger partial charge in [0, 0.05) is 36.4 Å². The predicted octanol–water partition coefficient (Wildman–Crippen LogP) is 3.41. The van der Waals surface area contributed by atoms with E-state index >= 15 is 0 Å². The highest BCUT2D eigenvalue weighted by Gasteiger charge is 2.10. The van der Waals surface area contributed by atoms with Crippen molar-refractivity contribution in [1.29, 1.82) is 0 Å². The van der Waals surface area contributed by atoms with E-state index in [1.54, 1.807) is 11.3 Å². The quantitative estimate of drug-likeness (QED) is 0.919. The Balaban J connectivity index is 1.54. The Morgan fingerprint density at radius 2 is 2.14 bits per heavy atom. The van der Waals surface area contributed by atoms with E-state index in [0.717, 1.165) is 29.5 Å². The Morgan fingerprint density at radius 1 is 1.29 bits per heavy atom. The van der Waals surface area contributed by atoms with Crippen LogP contribution in [0.1, 0.15) is 24.8 Å². The Morgan fingerprint density at radius 3 is 2.95 bits per heavy atom. The van der Waals surface area contributed by atoms with Crippen molar-refractivity contribution in [1.82, 2.24) is 14.9 Å². The number of thiazole rings is 1. The van der Waals surface area contributed by atoms with E-state index in [9.17, 15) is 0 Å². The summed E-state index contributed by atoms with van der Waals surface area (Å²) in [6.07, 6.45) is 7.80. The van der Waals surface area contributed by atoms with E-state index in [0.29, 0.717) is 0 Å². The van der Waals surface area contributed by atoms with Crippen molar-refractivity contribution in [3.63, 3.8) is 0 Å². The largest absolute Gasteiger partial charge is 0.360 e. The molecule has 3 heterocycles. The summed E-state index contributed by atoms with van der Waals surface area (Å²) in [4.78, 5) is 11.4. The van der Waals surface area contributed by atoms with E-state index in [1.807, 2.05) is 18.5 Å². The third-order valence-corrected chi connectivity index (χ3v) is 4.77. The number of nitrogens with one attached hydrogen (secondary N) is 1. The van der Waals surface area contributed by atoms with E-state index in [2.05, 4.69) is 32.5 Å². The first-order valence-corrected chi connectivity index (χ1v) is 8.53. The van der Waals surface area contributed by atoms with Gasteiger partial charge in [-0.15, -0.1) is 11.3 Å². The average molecular weight is 302 g/mol. The molecule has 2 aromatic rings. The van der Waals surface area contributed by atoms with Gasteiger partial charge in [0.2, 0.25) is 0 Å². The molecular weight excluding hydrogens is 280 g/mol. The Bertz CT molecular complexity index is 575. The molecular formula is C16H22N4S. The van der Waals surface area contributed by atoms with Crippen LogP contribution in [0.3, 0.4) is 0 Å². The molecule has 0 aromatic carbocycles. The lowest BCUT2D eigenvalue weighted by Crippen LogP contribution is -2.33. The van der Waals surface area contributed by atoms with Crippen LogP contribution >= 0.6 is 11.3 Å². The zero-order chi connectivity index (χ0) is 14.5. The van der Waals surface area contributed by atoms with Gasteiger partial charge in [-0.3, -0.25) is 4.98 Å². The van der Waals surface area contributed by atoms with Crippen molar-refractivity contribution in [2.24, 2.45) is 0 Å². The molecule has 3 rings (SSSR count). The summed E-state index contributed by atoms with van der Waals surface area (Å²) in [5.74, 6) is 0. The number of aromatic nitrogens is 2. The molecule has 0 aliphatic carbocycles. The topological polar surface area (TPSA) is 41.1 Å². The molecule has 1 aliphatic heterocycles. The molecule has 1 saturated heterocycles. The minimum absolute atomic E-state index is 0.971. The summed E-state index contributed by atoms with van der Waals surface area (Å²) < 4.78 is 0. The molecule has 0 radical (unpaired) electrons. The van der Waals surface area contributed by atoms with E-state index in [1.165, 1.54) is 37.9 Å². The van der Waals surface area contributed by atoms with Gasteiger partial charge in [-0.25, -0.2) is 4.98 Å². The van der Waals surface area contributed by atoms with Crippen molar-refractivity contribution in [2.45, 2.75) is 26.2 Å². The normalized spacial score (nSPS) is 16.0. The number of anilines is 1. The zero-order valence-corrected chi connectivity index (χ0v) is 13.3. The summed E-state index contributed by atoms with van der Waals surface area (Å²) >= 11 is 1.67. The van der Waals surface area contributed by atoms with Crippen LogP contribution < -0.4 is 5.32 Å². The van der Waals surface area contributed by atoms with E-state index in [-0.39, 0.29) is 0 Å². The second-order valence-corrected chi connectivity index (χ2v) is 6.42. The van der Waals surface area contributed by atoms with Crippen LogP contribution in [0.25, 0.3) is 11.3 Å². The number of likely N-dealkylation sites (tertiary alicyclic amines) is 1. The van der Waals surface area contributed by atoms with Crippen LogP contribution in [0.4, 0.5) is 5.13 Å². The highest BCUT2D eigenvalue weighted by molar-refractivity contribution is 7.14. The van der Waals surface area contributed by atoms with Gasteiger partial charge in [0.25, 0.3) is 0 Å². The molecule has 1 aliphatic rings. The van der Waals surface area contributed by atoms with Crippen LogP contribution in [0, 0.1) is 6.92 Å². The fourth-order valence-corrected chi connectivity index (χ4v) is 3.45. The Labute approximate surface area is 130 Å². The highest BCUT2D eigenvalue weighted by atomic mass is 32.1. The van der Waals surface area contributed by atoms with Gasteiger partial charge in [0.05, 0.1) is 5.69 Å². The van der Waals surface area contributed by atoms with E-state index in [4.69, 9.17) is 0 Å². The molecule has 5 heteroatoms. The third-order valence-electron chi connectivity index (χ3n) is 3.97. The van der Waals surface area contributed by atoms with Crippen molar-refractivity contribution >= 4 is 16.5 Å². The van der Waals surface area contributed by atoms with Gasteiger partial charge in [0.1, 0.15) is 0 Å². The fourth-order valence-electron chi connectivity index (χ4n) is 2.71. The number of hydrogen-bond acceptors (Lipinski definition) is 5. The number of aryl methyl sites for hydroxylation is 1. The molecule has 0 saturated carbocycles. The standard InChI is InChI=1S/C16H22N4S/c1-13-5-6-17-11-14(13)15-12-21-16(19-15)18-7-10-20-8-3-2-4-9-20/h5-6,11-12H,2-4,7-10H2,1H3,(H,18,19). The summed E-state index contributed by atoms with van der Waals surface area (Å²) in [5, 5.41) is 6.56. The van der Waals surface area contributed by atoms with Crippen LogP contribution in [-0.4, -0.2) is 41.0 Å². The molecule has 0 atom stereocenters. The second kappa shape index (κ2) is 7.00. The molecule has 2 aromatic heterocycles. The first-order valence-electron chi connectivity index (χ1n) is 7.66. The molecule has 4 nitrogen and oxygen atoms in total. The Kier molecular flexibility index (Phi) is 4.83. The van der Waals surface area contributed by atoms with Crippen LogP contribution in [-0.2, 0) is 0 Å². The van der Waals surface area contributed by atoms with Gasteiger partial charge >= 0.3 is 0 Å². The minimum atomic E-state index is 0.971. The maximum absolute atomic E-state index is 4.67. The maximum Gasteiger partial charge on any atom is 0.183 e. The maximum atomic E-state index is 4.67. The average Bonchev–Trinajstić information content (AvgIpc) is 2.97. The minimum Gasteiger partial charge on any atom is -0.360 e. The van der Waals surface area contributed by atoms with Crippen LogP contribution in [0.5, 0.6) is 0 Å². The second-order valence-electron chi connectivity index (χ2n) is 5.56. The predicted molar refractivity (Wildman–Crippen MR) is 88.9 cm³/mol. The first kappa shape index (κ1) is 14.5. The van der Waals surface area contributed by atoms with Crippen molar-refractivity contribution in [2.75, 3.05) is 31.5 Å². The van der Waals surface area contributed by atoms with Crippen molar-refractivity contribution in [3.8, 4) is 11.3 Å². The van der Waals surface area contributed by atoms with Crippen molar-refractivity contribution in [3.05, 3.63) is 29.4 Å². The molecule has 1 N–H and O–H groups in total. The smallest absolute Gasteiger partial charge is 0.183 e. The first-order chi connectivity index (χ1) is 10.3. The van der Waals surface area contributed by atoms with E-state index < -0.39 is 0 Å². The molecule has 0 unspecified atom stereocenters. The lowest BCUT2D eigenvalue weighted by Gasteiger charge is -2.26. The monoisotopic (exact) mass is 302 g/mol. The number of rotatable bonds is 5. The molecule has 0 spiro atoms. The van der Waals surface area contributed by atoms with Crippen molar-refractivity contribution < 1.29 is 0 Å². The lowest BCUT2D eigenvalue weighted by atomic mass is 10.1. The van der Waals surface area contributed by atoms with Gasteiger partial charge in [-0.2, -0.15) is 0 Å². The molecule has 112 valence electrons. The SMILES string of the molecule is Cc1ccncc1-c1csc(NCCN2CCCCC2)n1. The van der Waals surface area contributed by atoms with Crippen LogP contribution in [0.15, 0.2) is 23.8 Å². The molecule has 21 heavy (non-hydrogen) atoms.